The zero-order valence-electron chi connectivity index (χ0n) is 12.2. The van der Waals surface area contributed by atoms with Gasteiger partial charge in [0.1, 0.15) is 10.6 Å². The molecule has 0 N–H and O–H groups in total. The van der Waals surface area contributed by atoms with Crippen molar-refractivity contribution in [2.45, 2.75) is 20.8 Å². The van der Waals surface area contributed by atoms with Gasteiger partial charge in [0.05, 0.1) is 5.39 Å². The second-order valence-corrected chi connectivity index (χ2v) is 6.50. The number of para-hydroxylation sites is 1. The maximum absolute atomic E-state index is 6.12. The van der Waals surface area contributed by atoms with E-state index < -0.39 is 0 Å². The number of rotatable bonds is 3. The van der Waals surface area contributed by atoms with Gasteiger partial charge in [0.25, 0.3) is 0 Å². The minimum absolute atomic E-state index is 0.298. The molecule has 2 aromatic heterocycles. The van der Waals surface area contributed by atoms with Crippen LogP contribution in [0.2, 0.25) is 5.28 Å². The van der Waals surface area contributed by atoms with E-state index in [0.717, 1.165) is 28.3 Å². The lowest BCUT2D eigenvalue weighted by molar-refractivity contribution is 0.984. The molecule has 0 amide bonds. The van der Waals surface area contributed by atoms with Crippen molar-refractivity contribution in [1.82, 2.24) is 9.97 Å². The largest absolute Gasteiger partial charge is 0.326 e. The van der Waals surface area contributed by atoms with E-state index in [2.05, 4.69) is 53.8 Å². The number of hydrogen-bond donors (Lipinski definition) is 0. The topological polar surface area (TPSA) is 29.0 Å². The molecule has 0 unspecified atom stereocenters. The molecule has 1 aromatic carbocycles. The quantitative estimate of drug-likeness (QED) is 0.628. The first-order chi connectivity index (χ1) is 10.1. The zero-order chi connectivity index (χ0) is 15.0. The van der Waals surface area contributed by atoms with Crippen molar-refractivity contribution in [3.05, 3.63) is 46.1 Å². The van der Waals surface area contributed by atoms with Crippen LogP contribution < -0.4 is 4.90 Å². The summed E-state index contributed by atoms with van der Waals surface area (Å²) in [6.07, 6.45) is 0. The van der Waals surface area contributed by atoms with Crippen LogP contribution in [0, 0.1) is 13.8 Å². The van der Waals surface area contributed by atoms with E-state index >= 15 is 0 Å². The van der Waals surface area contributed by atoms with Crippen LogP contribution in [-0.4, -0.2) is 16.5 Å². The van der Waals surface area contributed by atoms with Crippen LogP contribution in [0.1, 0.15) is 17.4 Å². The molecule has 0 atom stereocenters. The fourth-order valence-electron chi connectivity index (χ4n) is 2.51. The molecule has 108 valence electrons. The fourth-order valence-corrected chi connectivity index (χ4v) is 3.60. The summed E-state index contributed by atoms with van der Waals surface area (Å²) in [7, 11) is 0. The molecule has 0 aliphatic rings. The van der Waals surface area contributed by atoms with E-state index in [0.29, 0.717) is 5.28 Å². The number of thiophene rings is 1. The van der Waals surface area contributed by atoms with Gasteiger partial charge in [-0.25, -0.2) is 4.98 Å². The van der Waals surface area contributed by atoms with Gasteiger partial charge in [-0.1, -0.05) is 18.2 Å². The van der Waals surface area contributed by atoms with Crippen molar-refractivity contribution in [3.63, 3.8) is 0 Å². The summed E-state index contributed by atoms with van der Waals surface area (Å²) in [5.74, 6) is 0.881. The van der Waals surface area contributed by atoms with Crippen molar-refractivity contribution in [3.8, 4) is 0 Å². The minimum Gasteiger partial charge on any atom is -0.326 e. The standard InChI is InChI=1S/C16H16ClN3S/c1-4-20(13-8-6-5-7-10(13)2)14-12-9-11(3)21-15(12)19-16(17)18-14/h5-9H,4H2,1-3H3. The van der Waals surface area contributed by atoms with Gasteiger partial charge in [-0.15, -0.1) is 11.3 Å². The highest BCUT2D eigenvalue weighted by molar-refractivity contribution is 7.18. The van der Waals surface area contributed by atoms with Gasteiger partial charge in [-0.3, -0.25) is 0 Å². The monoisotopic (exact) mass is 317 g/mol. The lowest BCUT2D eigenvalue weighted by Crippen LogP contribution is -2.18. The summed E-state index contributed by atoms with van der Waals surface area (Å²) in [6, 6.07) is 10.4. The Hall–Kier alpha value is -1.65. The highest BCUT2D eigenvalue weighted by Crippen LogP contribution is 2.35. The molecule has 0 bridgehead atoms. The van der Waals surface area contributed by atoms with Crippen molar-refractivity contribution < 1.29 is 0 Å². The van der Waals surface area contributed by atoms with E-state index in [-0.39, 0.29) is 0 Å². The molecular formula is C16H16ClN3S. The van der Waals surface area contributed by atoms with E-state index in [1.54, 1.807) is 11.3 Å². The molecule has 3 rings (SSSR count). The SMILES string of the molecule is CCN(c1ccccc1C)c1nc(Cl)nc2sc(C)cc12. The molecule has 0 saturated heterocycles. The van der Waals surface area contributed by atoms with Crippen LogP contribution in [0.15, 0.2) is 30.3 Å². The smallest absolute Gasteiger partial charge is 0.225 e. The Kier molecular flexibility index (Phi) is 3.83. The van der Waals surface area contributed by atoms with Crippen LogP contribution in [0.3, 0.4) is 0 Å². The summed E-state index contributed by atoms with van der Waals surface area (Å²) in [4.78, 5) is 13.2. The number of anilines is 2. The first kappa shape index (κ1) is 14.3. The van der Waals surface area contributed by atoms with Crippen molar-refractivity contribution in [2.24, 2.45) is 0 Å². The molecule has 3 aromatic rings. The molecule has 0 saturated carbocycles. The highest BCUT2D eigenvalue weighted by Gasteiger charge is 2.17. The van der Waals surface area contributed by atoms with E-state index in [1.807, 2.05) is 12.1 Å². The van der Waals surface area contributed by atoms with Gasteiger partial charge in [-0.05, 0) is 50.1 Å². The fraction of sp³-hybridized carbons (Fsp3) is 0.250. The third-order valence-corrected chi connectivity index (χ3v) is 4.56. The number of aromatic nitrogens is 2. The second kappa shape index (κ2) is 5.62. The maximum atomic E-state index is 6.12. The molecule has 3 nitrogen and oxygen atoms in total. The average molecular weight is 318 g/mol. The van der Waals surface area contributed by atoms with Crippen LogP contribution in [0.5, 0.6) is 0 Å². The lowest BCUT2D eigenvalue weighted by atomic mass is 10.1. The summed E-state index contributed by atoms with van der Waals surface area (Å²) < 4.78 is 0. The summed E-state index contributed by atoms with van der Waals surface area (Å²) in [5.41, 5.74) is 2.37. The first-order valence-corrected chi connectivity index (χ1v) is 8.06. The molecule has 0 aliphatic heterocycles. The number of hydrogen-bond acceptors (Lipinski definition) is 4. The number of benzene rings is 1. The minimum atomic E-state index is 0.298. The van der Waals surface area contributed by atoms with E-state index in [1.165, 1.54) is 10.4 Å². The number of nitrogens with zero attached hydrogens (tertiary/aromatic N) is 3. The van der Waals surface area contributed by atoms with Gasteiger partial charge in [0, 0.05) is 17.1 Å². The predicted octanol–water partition coefficient (Wildman–Crippen LogP) is 5.12. The molecule has 0 aliphatic carbocycles. The molecule has 0 radical (unpaired) electrons. The summed E-state index contributed by atoms with van der Waals surface area (Å²) in [6.45, 7) is 7.13. The van der Waals surface area contributed by atoms with E-state index in [9.17, 15) is 0 Å². The van der Waals surface area contributed by atoms with Crippen molar-refractivity contribution in [2.75, 3.05) is 11.4 Å². The van der Waals surface area contributed by atoms with Gasteiger partial charge >= 0.3 is 0 Å². The summed E-state index contributed by atoms with van der Waals surface area (Å²) >= 11 is 7.76. The Morgan fingerprint density at radius 1 is 1.19 bits per heavy atom. The van der Waals surface area contributed by atoms with E-state index in [4.69, 9.17) is 11.6 Å². The van der Waals surface area contributed by atoms with Crippen LogP contribution in [-0.2, 0) is 0 Å². The Labute approximate surface area is 133 Å². The normalized spacial score (nSPS) is 11.0. The molecule has 21 heavy (non-hydrogen) atoms. The van der Waals surface area contributed by atoms with Crippen molar-refractivity contribution in [1.29, 1.82) is 0 Å². The van der Waals surface area contributed by atoms with Crippen LogP contribution in [0.4, 0.5) is 11.5 Å². The highest BCUT2D eigenvalue weighted by atomic mass is 35.5. The van der Waals surface area contributed by atoms with Crippen LogP contribution in [0.25, 0.3) is 10.2 Å². The second-order valence-electron chi connectivity index (χ2n) is 4.92. The lowest BCUT2D eigenvalue weighted by Gasteiger charge is -2.24. The predicted molar refractivity (Wildman–Crippen MR) is 91.0 cm³/mol. The maximum Gasteiger partial charge on any atom is 0.225 e. The van der Waals surface area contributed by atoms with Gasteiger partial charge in [0.2, 0.25) is 5.28 Å². The third kappa shape index (κ3) is 2.61. The van der Waals surface area contributed by atoms with Crippen LogP contribution >= 0.6 is 22.9 Å². The third-order valence-electron chi connectivity index (χ3n) is 3.45. The molecule has 0 spiro atoms. The Morgan fingerprint density at radius 3 is 2.67 bits per heavy atom. The van der Waals surface area contributed by atoms with Gasteiger partial charge < -0.3 is 4.90 Å². The molecule has 2 heterocycles. The Balaban J connectivity index is 2.24. The number of halogens is 1. The number of fused-ring (bicyclic) bond motifs is 1. The molecule has 0 fully saturated rings. The molecular weight excluding hydrogens is 302 g/mol. The van der Waals surface area contributed by atoms with Gasteiger partial charge in [-0.2, -0.15) is 4.98 Å². The zero-order valence-corrected chi connectivity index (χ0v) is 13.8. The van der Waals surface area contributed by atoms with Crippen molar-refractivity contribution >= 4 is 44.7 Å². The first-order valence-electron chi connectivity index (χ1n) is 6.87. The molecule has 5 heteroatoms. The number of aryl methyl sites for hydroxylation is 2. The van der Waals surface area contributed by atoms with Gasteiger partial charge in [0.15, 0.2) is 0 Å². The summed E-state index contributed by atoms with van der Waals surface area (Å²) in [5, 5.41) is 1.36. The average Bonchev–Trinajstić information content (AvgIpc) is 2.81. The Bertz CT molecular complexity index is 797. The Morgan fingerprint density at radius 2 is 1.95 bits per heavy atom.